The number of hydrogen-bond acceptors (Lipinski definition) is 4. The van der Waals surface area contributed by atoms with Crippen LogP contribution >= 0.6 is 11.6 Å². The van der Waals surface area contributed by atoms with Crippen LogP contribution in [0, 0.1) is 0 Å². The number of likely N-dealkylation sites (N-methyl/N-ethyl adjacent to an activating group) is 1. The topological polar surface area (TPSA) is 42.3 Å². The summed E-state index contributed by atoms with van der Waals surface area (Å²) in [6.45, 7) is 8.92. The molecule has 1 unspecified atom stereocenters. The first-order chi connectivity index (χ1) is 9.83. The first-order valence-corrected chi connectivity index (χ1v) is 7.85. The van der Waals surface area contributed by atoms with Crippen molar-refractivity contribution in [2.45, 2.75) is 45.4 Å². The number of rotatable bonds is 9. The van der Waals surface area contributed by atoms with Gasteiger partial charge in [-0.25, -0.2) is 0 Å². The van der Waals surface area contributed by atoms with Gasteiger partial charge in [0.05, 0.1) is 35.1 Å². The van der Waals surface area contributed by atoms with Crippen molar-refractivity contribution in [3.05, 3.63) is 16.9 Å². The van der Waals surface area contributed by atoms with Gasteiger partial charge >= 0.3 is 0 Å². The summed E-state index contributed by atoms with van der Waals surface area (Å²) >= 11 is 6.40. The van der Waals surface area contributed by atoms with Crippen molar-refractivity contribution in [2.75, 3.05) is 34.3 Å². The lowest BCUT2D eigenvalue weighted by Crippen LogP contribution is -2.42. The van der Waals surface area contributed by atoms with Crippen LogP contribution in [0.4, 0.5) is 0 Å². The number of hydrogen-bond donors (Lipinski definition) is 1. The molecule has 1 aromatic rings. The molecule has 0 aromatic carbocycles. The number of halogens is 1. The summed E-state index contributed by atoms with van der Waals surface area (Å²) in [6, 6.07) is -0.000359. The molecular weight excluding hydrogens is 288 g/mol. The zero-order valence-corrected chi connectivity index (χ0v) is 14.9. The minimum atomic E-state index is -0.366. The third-order valence-corrected chi connectivity index (χ3v) is 3.98. The Morgan fingerprint density at radius 2 is 2.14 bits per heavy atom. The van der Waals surface area contributed by atoms with E-state index in [0.717, 1.165) is 31.7 Å². The highest BCUT2D eigenvalue weighted by Gasteiger charge is 2.34. The van der Waals surface area contributed by atoms with Gasteiger partial charge in [-0.1, -0.05) is 18.5 Å². The molecule has 0 radical (unpaired) electrons. The van der Waals surface area contributed by atoms with Gasteiger partial charge in [-0.3, -0.25) is 4.68 Å². The highest BCUT2D eigenvalue weighted by molar-refractivity contribution is 6.31. The lowest BCUT2D eigenvalue weighted by Gasteiger charge is -2.34. The van der Waals surface area contributed by atoms with Crippen LogP contribution in [0.2, 0.25) is 5.02 Å². The van der Waals surface area contributed by atoms with E-state index >= 15 is 0 Å². The van der Waals surface area contributed by atoms with E-state index in [2.05, 4.69) is 50.2 Å². The summed E-state index contributed by atoms with van der Waals surface area (Å²) in [4.78, 5) is 2.13. The van der Waals surface area contributed by atoms with Crippen LogP contribution in [0.5, 0.6) is 0 Å². The number of methoxy groups -OCH3 is 1. The third kappa shape index (κ3) is 4.95. The average molecular weight is 317 g/mol. The Hall–Kier alpha value is -0.620. The van der Waals surface area contributed by atoms with Crippen molar-refractivity contribution in [2.24, 2.45) is 0 Å². The van der Waals surface area contributed by atoms with Crippen LogP contribution in [0.1, 0.15) is 38.9 Å². The Morgan fingerprint density at radius 3 is 2.67 bits per heavy atom. The predicted octanol–water partition coefficient (Wildman–Crippen LogP) is 2.56. The maximum atomic E-state index is 6.40. The number of aromatic nitrogens is 2. The lowest BCUT2D eigenvalue weighted by atomic mass is 9.95. The fourth-order valence-corrected chi connectivity index (χ4v) is 2.46. The highest BCUT2D eigenvalue weighted by atomic mass is 35.5. The normalized spacial score (nSPS) is 13.9. The Bertz CT molecular complexity index is 431. The molecule has 0 bridgehead atoms. The second-order valence-electron chi connectivity index (χ2n) is 6.10. The van der Waals surface area contributed by atoms with E-state index in [1.54, 1.807) is 13.3 Å². The fraction of sp³-hybridized carbons (Fsp3) is 0.800. The SMILES string of the molecule is CCCNC(c1c(Cl)cnn1CCN(C)C)C(C)(C)OC. The standard InChI is InChI=1S/C15H29ClN4O/c1-7-8-17-14(15(2,3)21-6)13-12(16)11-18-20(13)10-9-19(4)5/h11,14,17H,7-10H2,1-6H3. The van der Waals surface area contributed by atoms with E-state index < -0.39 is 0 Å². The van der Waals surface area contributed by atoms with Crippen molar-refractivity contribution >= 4 is 11.6 Å². The third-order valence-electron chi connectivity index (χ3n) is 3.69. The van der Waals surface area contributed by atoms with Crippen LogP contribution < -0.4 is 5.32 Å². The van der Waals surface area contributed by atoms with E-state index in [1.165, 1.54) is 0 Å². The fourth-order valence-electron chi connectivity index (χ4n) is 2.21. The largest absolute Gasteiger partial charge is 0.377 e. The lowest BCUT2D eigenvalue weighted by molar-refractivity contribution is -0.0135. The Balaban J connectivity index is 3.08. The number of nitrogens with one attached hydrogen (secondary N) is 1. The summed E-state index contributed by atoms with van der Waals surface area (Å²) in [5, 5.41) is 8.66. The monoisotopic (exact) mass is 316 g/mol. The molecule has 0 aliphatic carbocycles. The van der Waals surface area contributed by atoms with Gasteiger partial charge < -0.3 is 15.0 Å². The van der Waals surface area contributed by atoms with E-state index in [9.17, 15) is 0 Å². The van der Waals surface area contributed by atoms with Gasteiger partial charge in [0, 0.05) is 13.7 Å². The zero-order valence-electron chi connectivity index (χ0n) is 14.1. The summed E-state index contributed by atoms with van der Waals surface area (Å²) in [7, 11) is 5.84. The molecule has 1 rings (SSSR count). The van der Waals surface area contributed by atoms with Gasteiger partial charge in [0.2, 0.25) is 0 Å². The Kier molecular flexibility index (Phi) is 7.13. The van der Waals surface area contributed by atoms with Gasteiger partial charge in [-0.15, -0.1) is 0 Å². The summed E-state index contributed by atoms with van der Waals surface area (Å²) in [6.07, 6.45) is 2.78. The second-order valence-corrected chi connectivity index (χ2v) is 6.51. The minimum absolute atomic E-state index is 0.000359. The first-order valence-electron chi connectivity index (χ1n) is 7.48. The minimum Gasteiger partial charge on any atom is -0.377 e. The molecule has 122 valence electrons. The van der Waals surface area contributed by atoms with Gasteiger partial charge in [-0.05, 0) is 40.9 Å². The molecule has 6 heteroatoms. The van der Waals surface area contributed by atoms with Crippen molar-refractivity contribution in [3.8, 4) is 0 Å². The van der Waals surface area contributed by atoms with Gasteiger partial charge in [0.1, 0.15) is 0 Å². The number of ether oxygens (including phenoxy) is 1. The maximum absolute atomic E-state index is 6.40. The molecule has 0 aliphatic rings. The van der Waals surface area contributed by atoms with Gasteiger partial charge in [0.25, 0.3) is 0 Å². The molecule has 0 aliphatic heterocycles. The molecule has 1 N–H and O–H groups in total. The smallest absolute Gasteiger partial charge is 0.0835 e. The molecular formula is C15H29ClN4O. The van der Waals surface area contributed by atoms with E-state index in [1.807, 2.05) is 4.68 Å². The van der Waals surface area contributed by atoms with Gasteiger partial charge in [0.15, 0.2) is 0 Å². The molecule has 0 amide bonds. The van der Waals surface area contributed by atoms with E-state index in [-0.39, 0.29) is 11.6 Å². The van der Waals surface area contributed by atoms with Crippen LogP contribution in [-0.2, 0) is 11.3 Å². The summed E-state index contributed by atoms with van der Waals surface area (Å²) in [5.74, 6) is 0. The quantitative estimate of drug-likeness (QED) is 0.760. The average Bonchev–Trinajstić information content (AvgIpc) is 2.78. The highest BCUT2D eigenvalue weighted by Crippen LogP contribution is 2.32. The predicted molar refractivity (Wildman–Crippen MR) is 87.9 cm³/mol. The molecule has 0 spiro atoms. The molecule has 21 heavy (non-hydrogen) atoms. The van der Waals surface area contributed by atoms with Crippen molar-refractivity contribution in [3.63, 3.8) is 0 Å². The maximum Gasteiger partial charge on any atom is 0.0835 e. The van der Waals surface area contributed by atoms with E-state index in [4.69, 9.17) is 16.3 Å². The van der Waals surface area contributed by atoms with Crippen LogP contribution in [0.15, 0.2) is 6.20 Å². The summed E-state index contributed by atoms with van der Waals surface area (Å²) < 4.78 is 7.67. The number of nitrogens with zero attached hydrogens (tertiary/aromatic N) is 3. The Morgan fingerprint density at radius 1 is 1.48 bits per heavy atom. The van der Waals surface area contributed by atoms with Crippen LogP contribution in [0.25, 0.3) is 0 Å². The molecule has 0 fully saturated rings. The van der Waals surface area contributed by atoms with Crippen molar-refractivity contribution in [1.82, 2.24) is 20.0 Å². The second kappa shape index (κ2) is 8.13. The van der Waals surface area contributed by atoms with E-state index in [0.29, 0.717) is 5.02 Å². The first kappa shape index (κ1) is 18.4. The van der Waals surface area contributed by atoms with Crippen molar-refractivity contribution < 1.29 is 4.74 Å². The summed E-state index contributed by atoms with van der Waals surface area (Å²) in [5.41, 5.74) is 0.633. The molecule has 1 aromatic heterocycles. The van der Waals surface area contributed by atoms with Crippen LogP contribution in [-0.4, -0.2) is 54.6 Å². The molecule has 1 atom stereocenters. The molecule has 5 nitrogen and oxygen atoms in total. The molecule has 0 saturated carbocycles. The molecule has 1 heterocycles. The zero-order chi connectivity index (χ0) is 16.0. The van der Waals surface area contributed by atoms with Crippen LogP contribution in [0.3, 0.4) is 0 Å². The van der Waals surface area contributed by atoms with Crippen molar-refractivity contribution in [1.29, 1.82) is 0 Å². The van der Waals surface area contributed by atoms with Gasteiger partial charge in [-0.2, -0.15) is 5.10 Å². The molecule has 0 saturated heterocycles. The Labute approximate surface area is 133 Å².